The van der Waals surface area contributed by atoms with Crippen molar-refractivity contribution < 1.29 is 14.6 Å². The highest BCUT2D eigenvalue weighted by atomic mass is 16.5. The Balaban J connectivity index is 2.08. The molecule has 2 rings (SSSR count). The molecule has 0 aliphatic heterocycles. The van der Waals surface area contributed by atoms with E-state index in [0.29, 0.717) is 23.9 Å². The van der Waals surface area contributed by atoms with E-state index in [4.69, 9.17) is 4.74 Å². The van der Waals surface area contributed by atoms with Crippen LogP contribution in [-0.4, -0.2) is 24.2 Å². The Morgan fingerprint density at radius 1 is 1.44 bits per heavy atom. The molecule has 1 fully saturated rings. The van der Waals surface area contributed by atoms with Gasteiger partial charge in [-0.25, -0.2) is 4.79 Å². The van der Waals surface area contributed by atoms with Crippen LogP contribution in [0.5, 0.6) is 5.75 Å². The number of aromatic carboxylic acids is 1. The summed E-state index contributed by atoms with van der Waals surface area (Å²) < 4.78 is 5.05. The fraction of sp³-hybridized carbons (Fsp3) is 0.500. The van der Waals surface area contributed by atoms with Gasteiger partial charge < -0.3 is 15.2 Å². The Kier molecular flexibility index (Phi) is 4.20. The summed E-state index contributed by atoms with van der Waals surface area (Å²) in [5.41, 5.74) is 1.13. The summed E-state index contributed by atoms with van der Waals surface area (Å²) in [6.07, 6.45) is 4.93. The van der Waals surface area contributed by atoms with Crippen molar-refractivity contribution in [2.24, 2.45) is 0 Å². The van der Waals surface area contributed by atoms with Crippen LogP contribution in [0.2, 0.25) is 0 Å². The number of benzene rings is 1. The van der Waals surface area contributed by atoms with Crippen molar-refractivity contribution >= 4 is 5.97 Å². The van der Waals surface area contributed by atoms with Gasteiger partial charge in [-0.3, -0.25) is 0 Å². The number of hydrogen-bond donors (Lipinski definition) is 2. The van der Waals surface area contributed by atoms with E-state index in [1.165, 1.54) is 32.8 Å². The van der Waals surface area contributed by atoms with Gasteiger partial charge in [0.1, 0.15) is 5.75 Å². The summed E-state index contributed by atoms with van der Waals surface area (Å²) in [7, 11) is 1.54. The van der Waals surface area contributed by atoms with E-state index >= 15 is 0 Å². The van der Waals surface area contributed by atoms with Gasteiger partial charge in [-0.05, 0) is 30.5 Å². The molecule has 0 heterocycles. The maximum Gasteiger partial charge on any atom is 0.336 e. The molecule has 1 aliphatic carbocycles. The average molecular weight is 249 g/mol. The smallest absolute Gasteiger partial charge is 0.336 e. The molecule has 0 saturated heterocycles. The van der Waals surface area contributed by atoms with Crippen LogP contribution in [0.4, 0.5) is 0 Å². The van der Waals surface area contributed by atoms with Crippen LogP contribution in [0.1, 0.15) is 41.6 Å². The van der Waals surface area contributed by atoms with E-state index < -0.39 is 5.97 Å². The number of rotatable bonds is 5. The number of carboxylic acids is 1. The minimum absolute atomic E-state index is 0.319. The number of ether oxygens (including phenoxy) is 1. The van der Waals surface area contributed by atoms with E-state index in [1.807, 2.05) is 6.07 Å². The molecule has 0 aromatic heterocycles. The summed E-state index contributed by atoms with van der Waals surface area (Å²) in [5, 5.41) is 12.6. The highest BCUT2D eigenvalue weighted by Crippen LogP contribution is 2.21. The van der Waals surface area contributed by atoms with E-state index in [-0.39, 0.29) is 0 Å². The molecule has 1 aromatic rings. The van der Waals surface area contributed by atoms with Crippen molar-refractivity contribution in [1.82, 2.24) is 5.32 Å². The van der Waals surface area contributed by atoms with Crippen molar-refractivity contribution in [2.45, 2.75) is 38.3 Å². The molecule has 18 heavy (non-hydrogen) atoms. The Morgan fingerprint density at radius 3 is 2.78 bits per heavy atom. The SMILES string of the molecule is COc1ccc(CNC2CCCC2)c(C(=O)O)c1. The van der Waals surface area contributed by atoms with E-state index in [2.05, 4.69) is 5.32 Å². The summed E-state index contributed by atoms with van der Waals surface area (Å²) >= 11 is 0. The third-order valence-electron chi connectivity index (χ3n) is 3.48. The largest absolute Gasteiger partial charge is 0.497 e. The molecule has 0 unspecified atom stereocenters. The van der Waals surface area contributed by atoms with Gasteiger partial charge in [-0.2, -0.15) is 0 Å². The van der Waals surface area contributed by atoms with Crippen LogP contribution < -0.4 is 10.1 Å². The minimum Gasteiger partial charge on any atom is -0.497 e. The number of nitrogens with one attached hydrogen (secondary N) is 1. The van der Waals surface area contributed by atoms with Crippen LogP contribution in [0.25, 0.3) is 0 Å². The molecule has 4 heteroatoms. The summed E-state index contributed by atoms with van der Waals surface area (Å²) in [4.78, 5) is 11.2. The van der Waals surface area contributed by atoms with Crippen molar-refractivity contribution in [3.8, 4) is 5.75 Å². The third-order valence-corrected chi connectivity index (χ3v) is 3.48. The normalized spacial score (nSPS) is 15.8. The van der Waals surface area contributed by atoms with Crippen molar-refractivity contribution in [3.05, 3.63) is 29.3 Å². The molecule has 0 atom stereocenters. The fourth-order valence-electron chi connectivity index (χ4n) is 2.42. The molecule has 4 nitrogen and oxygen atoms in total. The van der Waals surface area contributed by atoms with Gasteiger partial charge in [0, 0.05) is 12.6 Å². The van der Waals surface area contributed by atoms with Gasteiger partial charge in [0.2, 0.25) is 0 Å². The minimum atomic E-state index is -0.905. The summed E-state index contributed by atoms with van der Waals surface area (Å²) in [5.74, 6) is -0.325. The van der Waals surface area contributed by atoms with Crippen molar-refractivity contribution in [3.63, 3.8) is 0 Å². The predicted molar refractivity (Wildman–Crippen MR) is 69.0 cm³/mol. The molecule has 2 N–H and O–H groups in total. The summed E-state index contributed by atoms with van der Waals surface area (Å²) in [6.45, 7) is 0.607. The standard InChI is InChI=1S/C14H19NO3/c1-18-12-7-6-10(13(8-12)14(16)17)9-15-11-4-2-3-5-11/h6-8,11,15H,2-5,9H2,1H3,(H,16,17). The number of carbonyl (C=O) groups is 1. The van der Waals surface area contributed by atoms with Gasteiger partial charge in [-0.1, -0.05) is 18.9 Å². The van der Waals surface area contributed by atoms with Crippen LogP contribution in [0, 0.1) is 0 Å². The van der Waals surface area contributed by atoms with Gasteiger partial charge in [0.15, 0.2) is 0 Å². The number of carboxylic acid groups (broad SMARTS) is 1. The van der Waals surface area contributed by atoms with Crippen LogP contribution in [0.3, 0.4) is 0 Å². The maximum absolute atomic E-state index is 11.2. The lowest BCUT2D eigenvalue weighted by atomic mass is 10.1. The monoisotopic (exact) mass is 249 g/mol. The quantitative estimate of drug-likeness (QED) is 0.841. The zero-order valence-electron chi connectivity index (χ0n) is 10.6. The van der Waals surface area contributed by atoms with E-state index in [0.717, 1.165) is 5.56 Å². The average Bonchev–Trinajstić information content (AvgIpc) is 2.89. The first kappa shape index (κ1) is 12.9. The Bertz CT molecular complexity index is 425. The van der Waals surface area contributed by atoms with Gasteiger partial charge in [0.25, 0.3) is 0 Å². The first-order valence-corrected chi connectivity index (χ1v) is 6.34. The van der Waals surface area contributed by atoms with E-state index in [1.54, 1.807) is 12.1 Å². The van der Waals surface area contributed by atoms with Gasteiger partial charge in [0.05, 0.1) is 12.7 Å². The second-order valence-electron chi connectivity index (χ2n) is 4.69. The first-order chi connectivity index (χ1) is 8.70. The lowest BCUT2D eigenvalue weighted by Gasteiger charge is -2.14. The molecule has 0 radical (unpaired) electrons. The number of methoxy groups -OCH3 is 1. The zero-order chi connectivity index (χ0) is 13.0. The second-order valence-corrected chi connectivity index (χ2v) is 4.69. The topological polar surface area (TPSA) is 58.6 Å². The van der Waals surface area contributed by atoms with Crippen LogP contribution in [0.15, 0.2) is 18.2 Å². The zero-order valence-corrected chi connectivity index (χ0v) is 10.6. The second kappa shape index (κ2) is 5.87. The van der Waals surface area contributed by atoms with E-state index in [9.17, 15) is 9.90 Å². The van der Waals surface area contributed by atoms with Gasteiger partial charge in [-0.15, -0.1) is 0 Å². The molecule has 98 valence electrons. The fourth-order valence-corrected chi connectivity index (χ4v) is 2.42. The molecule has 0 amide bonds. The Hall–Kier alpha value is -1.55. The van der Waals surface area contributed by atoms with Crippen LogP contribution in [-0.2, 0) is 6.54 Å². The molecular weight excluding hydrogens is 230 g/mol. The highest BCUT2D eigenvalue weighted by Gasteiger charge is 2.16. The van der Waals surface area contributed by atoms with Crippen molar-refractivity contribution in [1.29, 1.82) is 0 Å². The number of hydrogen-bond acceptors (Lipinski definition) is 3. The lowest BCUT2D eigenvalue weighted by Crippen LogP contribution is -2.26. The summed E-state index contributed by atoms with van der Waals surface area (Å²) in [6, 6.07) is 5.74. The Labute approximate surface area is 107 Å². The molecule has 1 saturated carbocycles. The maximum atomic E-state index is 11.2. The van der Waals surface area contributed by atoms with Gasteiger partial charge >= 0.3 is 5.97 Å². The molecule has 1 aromatic carbocycles. The Morgan fingerprint density at radius 2 is 2.17 bits per heavy atom. The first-order valence-electron chi connectivity index (χ1n) is 6.34. The molecular formula is C14H19NO3. The molecule has 0 bridgehead atoms. The highest BCUT2D eigenvalue weighted by molar-refractivity contribution is 5.89. The lowest BCUT2D eigenvalue weighted by molar-refractivity contribution is 0.0695. The predicted octanol–water partition coefficient (Wildman–Crippen LogP) is 2.43. The molecule has 1 aliphatic rings. The van der Waals surface area contributed by atoms with Crippen LogP contribution >= 0.6 is 0 Å². The molecule has 0 spiro atoms. The van der Waals surface area contributed by atoms with Crippen molar-refractivity contribution in [2.75, 3.05) is 7.11 Å². The third kappa shape index (κ3) is 3.01.